The molecule has 0 saturated heterocycles. The van der Waals surface area contributed by atoms with Crippen LogP contribution in [0.5, 0.6) is 0 Å². The second-order valence-electron chi connectivity index (χ2n) is 5.44. The number of hydrogen-bond donors (Lipinski definition) is 1. The van der Waals surface area contributed by atoms with Gasteiger partial charge >= 0.3 is 0 Å². The van der Waals surface area contributed by atoms with Crippen LogP contribution in [0.15, 0.2) is 48.8 Å². The van der Waals surface area contributed by atoms with E-state index in [4.69, 9.17) is 0 Å². The number of para-hydroxylation sites is 1. The highest BCUT2D eigenvalue weighted by Gasteiger charge is 2.09. The quantitative estimate of drug-likeness (QED) is 0.801. The maximum absolute atomic E-state index is 12.2. The second-order valence-corrected chi connectivity index (χ2v) is 5.44. The van der Waals surface area contributed by atoms with Crippen LogP contribution in [-0.2, 0) is 17.6 Å². The SMILES string of the molecule is CCc1ccccc1NC(=O)Cc1cn2ccc(C)cc2n1. The lowest BCUT2D eigenvalue weighted by Gasteiger charge is -2.08. The molecule has 4 heteroatoms. The maximum Gasteiger partial charge on any atom is 0.230 e. The van der Waals surface area contributed by atoms with E-state index in [1.807, 2.05) is 60.1 Å². The largest absolute Gasteiger partial charge is 0.325 e. The number of aryl methyl sites for hydroxylation is 2. The van der Waals surface area contributed by atoms with Crippen molar-refractivity contribution in [3.8, 4) is 0 Å². The Bertz CT molecular complexity index is 820. The van der Waals surface area contributed by atoms with Gasteiger partial charge in [-0.15, -0.1) is 0 Å². The molecule has 1 N–H and O–H groups in total. The number of hydrogen-bond acceptors (Lipinski definition) is 2. The summed E-state index contributed by atoms with van der Waals surface area (Å²) >= 11 is 0. The van der Waals surface area contributed by atoms with Crippen LogP contribution in [0.1, 0.15) is 23.7 Å². The standard InChI is InChI=1S/C18H19N3O/c1-3-14-6-4-5-7-16(14)20-18(22)11-15-12-21-9-8-13(2)10-17(21)19-15/h4-10,12H,3,11H2,1-2H3,(H,20,22). The first-order chi connectivity index (χ1) is 10.7. The number of nitrogens with zero attached hydrogens (tertiary/aromatic N) is 2. The smallest absolute Gasteiger partial charge is 0.230 e. The van der Waals surface area contributed by atoms with Crippen molar-refractivity contribution >= 4 is 17.2 Å². The number of carbonyl (C=O) groups excluding carboxylic acids is 1. The molecule has 0 atom stereocenters. The Labute approximate surface area is 129 Å². The van der Waals surface area contributed by atoms with E-state index in [2.05, 4.69) is 17.2 Å². The Hall–Kier alpha value is -2.62. The van der Waals surface area contributed by atoms with E-state index >= 15 is 0 Å². The summed E-state index contributed by atoms with van der Waals surface area (Å²) in [6.45, 7) is 4.11. The van der Waals surface area contributed by atoms with Crippen molar-refractivity contribution < 1.29 is 4.79 Å². The van der Waals surface area contributed by atoms with Gasteiger partial charge in [0, 0.05) is 18.1 Å². The van der Waals surface area contributed by atoms with Crippen molar-refractivity contribution in [2.24, 2.45) is 0 Å². The van der Waals surface area contributed by atoms with Crippen molar-refractivity contribution in [2.45, 2.75) is 26.7 Å². The van der Waals surface area contributed by atoms with E-state index in [0.29, 0.717) is 0 Å². The lowest BCUT2D eigenvalue weighted by molar-refractivity contribution is -0.115. The van der Waals surface area contributed by atoms with Crippen molar-refractivity contribution in [3.05, 3.63) is 65.6 Å². The Morgan fingerprint density at radius 2 is 2.09 bits per heavy atom. The number of nitrogens with one attached hydrogen (secondary N) is 1. The van der Waals surface area contributed by atoms with E-state index in [1.165, 1.54) is 0 Å². The topological polar surface area (TPSA) is 46.4 Å². The number of amides is 1. The molecule has 4 nitrogen and oxygen atoms in total. The van der Waals surface area contributed by atoms with Gasteiger partial charge < -0.3 is 9.72 Å². The monoisotopic (exact) mass is 293 g/mol. The highest BCUT2D eigenvalue weighted by Crippen LogP contribution is 2.16. The molecule has 2 aromatic heterocycles. The van der Waals surface area contributed by atoms with Crippen LogP contribution in [0, 0.1) is 6.92 Å². The van der Waals surface area contributed by atoms with Gasteiger partial charge in [0.1, 0.15) is 5.65 Å². The number of anilines is 1. The zero-order chi connectivity index (χ0) is 15.5. The molecule has 3 rings (SSSR count). The van der Waals surface area contributed by atoms with Crippen LogP contribution in [-0.4, -0.2) is 15.3 Å². The second kappa shape index (κ2) is 6.02. The van der Waals surface area contributed by atoms with Crippen molar-refractivity contribution in [3.63, 3.8) is 0 Å². The summed E-state index contributed by atoms with van der Waals surface area (Å²) in [5.74, 6) is -0.0407. The minimum Gasteiger partial charge on any atom is -0.325 e. The zero-order valence-electron chi connectivity index (χ0n) is 12.8. The van der Waals surface area contributed by atoms with Crippen LogP contribution < -0.4 is 5.32 Å². The normalized spacial score (nSPS) is 10.8. The van der Waals surface area contributed by atoms with Crippen molar-refractivity contribution in [2.75, 3.05) is 5.32 Å². The first-order valence-electron chi connectivity index (χ1n) is 7.47. The molecule has 0 unspecified atom stereocenters. The summed E-state index contributed by atoms with van der Waals surface area (Å²) < 4.78 is 1.94. The molecular formula is C18H19N3O. The molecule has 0 fully saturated rings. The predicted molar refractivity (Wildman–Crippen MR) is 88.1 cm³/mol. The molecule has 22 heavy (non-hydrogen) atoms. The van der Waals surface area contributed by atoms with Crippen molar-refractivity contribution in [1.82, 2.24) is 9.38 Å². The third kappa shape index (κ3) is 3.01. The highest BCUT2D eigenvalue weighted by molar-refractivity contribution is 5.92. The van der Waals surface area contributed by atoms with Crippen LogP contribution in [0.2, 0.25) is 0 Å². The summed E-state index contributed by atoms with van der Waals surface area (Å²) in [5, 5.41) is 2.98. The van der Waals surface area contributed by atoms with Crippen LogP contribution in [0.3, 0.4) is 0 Å². The summed E-state index contributed by atoms with van der Waals surface area (Å²) in [4.78, 5) is 16.7. The van der Waals surface area contributed by atoms with Gasteiger partial charge in [-0.1, -0.05) is 25.1 Å². The Kier molecular flexibility index (Phi) is 3.92. The Balaban J connectivity index is 1.75. The molecule has 0 spiro atoms. The van der Waals surface area contributed by atoms with E-state index in [9.17, 15) is 4.79 Å². The predicted octanol–water partition coefficient (Wildman–Crippen LogP) is 3.39. The highest BCUT2D eigenvalue weighted by atomic mass is 16.1. The van der Waals surface area contributed by atoms with E-state index < -0.39 is 0 Å². The lowest BCUT2D eigenvalue weighted by atomic mass is 10.1. The summed E-state index contributed by atoms with van der Waals surface area (Å²) in [6, 6.07) is 11.9. The van der Waals surface area contributed by atoms with E-state index in [0.717, 1.165) is 34.6 Å². The fraction of sp³-hybridized carbons (Fsp3) is 0.222. The molecule has 1 amide bonds. The molecule has 2 heterocycles. The van der Waals surface area contributed by atoms with Gasteiger partial charge in [-0.2, -0.15) is 0 Å². The minimum atomic E-state index is -0.0407. The average molecular weight is 293 g/mol. The molecule has 0 aliphatic carbocycles. The fourth-order valence-electron chi connectivity index (χ4n) is 2.53. The van der Waals surface area contributed by atoms with Crippen LogP contribution in [0.4, 0.5) is 5.69 Å². The number of aromatic nitrogens is 2. The fourth-order valence-corrected chi connectivity index (χ4v) is 2.53. The number of benzene rings is 1. The molecule has 112 valence electrons. The number of imidazole rings is 1. The minimum absolute atomic E-state index is 0.0407. The third-order valence-corrected chi connectivity index (χ3v) is 3.68. The molecule has 0 aliphatic heterocycles. The van der Waals surface area contributed by atoms with E-state index in [-0.39, 0.29) is 12.3 Å². The molecular weight excluding hydrogens is 274 g/mol. The molecule has 3 aromatic rings. The summed E-state index contributed by atoms with van der Waals surface area (Å²) in [7, 11) is 0. The van der Waals surface area contributed by atoms with E-state index in [1.54, 1.807) is 0 Å². The van der Waals surface area contributed by atoms with Gasteiger partial charge in [0.15, 0.2) is 0 Å². The number of rotatable bonds is 4. The summed E-state index contributed by atoms with van der Waals surface area (Å²) in [5.41, 5.74) is 4.83. The van der Waals surface area contributed by atoms with Gasteiger partial charge in [-0.05, 0) is 42.7 Å². The molecule has 0 bridgehead atoms. The zero-order valence-corrected chi connectivity index (χ0v) is 12.8. The third-order valence-electron chi connectivity index (χ3n) is 3.68. The molecule has 1 aromatic carbocycles. The number of fused-ring (bicyclic) bond motifs is 1. The number of carbonyl (C=O) groups is 1. The Morgan fingerprint density at radius 3 is 2.91 bits per heavy atom. The van der Waals surface area contributed by atoms with Gasteiger partial charge in [-0.25, -0.2) is 4.98 Å². The van der Waals surface area contributed by atoms with Crippen LogP contribution in [0.25, 0.3) is 5.65 Å². The van der Waals surface area contributed by atoms with Crippen LogP contribution >= 0.6 is 0 Å². The molecule has 0 radical (unpaired) electrons. The molecule has 0 aliphatic rings. The van der Waals surface area contributed by atoms with Gasteiger partial charge in [0.25, 0.3) is 0 Å². The first-order valence-corrected chi connectivity index (χ1v) is 7.47. The Morgan fingerprint density at radius 1 is 1.27 bits per heavy atom. The van der Waals surface area contributed by atoms with Crippen molar-refractivity contribution in [1.29, 1.82) is 0 Å². The molecule has 0 saturated carbocycles. The van der Waals surface area contributed by atoms with Gasteiger partial charge in [0.05, 0.1) is 12.1 Å². The average Bonchev–Trinajstić information content (AvgIpc) is 2.88. The lowest BCUT2D eigenvalue weighted by Crippen LogP contribution is -2.15. The number of pyridine rings is 1. The first kappa shape index (κ1) is 14.3. The maximum atomic E-state index is 12.2. The summed E-state index contributed by atoms with van der Waals surface area (Å²) in [6.07, 6.45) is 5.04. The van der Waals surface area contributed by atoms with Gasteiger partial charge in [0.2, 0.25) is 5.91 Å². The van der Waals surface area contributed by atoms with Gasteiger partial charge in [-0.3, -0.25) is 4.79 Å².